The second kappa shape index (κ2) is 8.64. The summed E-state index contributed by atoms with van der Waals surface area (Å²) in [6.45, 7) is 3.68. The fourth-order valence-electron chi connectivity index (χ4n) is 2.01. The lowest BCUT2D eigenvalue weighted by Crippen LogP contribution is -2.13. The maximum Gasteiger partial charge on any atom is 0.342 e. The smallest absolute Gasteiger partial charge is 0.342 e. The number of carbonyl (C=O) groups is 2. The van der Waals surface area contributed by atoms with Crippen molar-refractivity contribution in [3.8, 4) is 0 Å². The van der Waals surface area contributed by atoms with E-state index < -0.39 is 11.9 Å². The predicted molar refractivity (Wildman–Crippen MR) is 99.4 cm³/mol. The van der Waals surface area contributed by atoms with Crippen LogP contribution >= 0.6 is 22.9 Å². The maximum atomic E-state index is 12.3. The quantitative estimate of drug-likeness (QED) is 0.602. The molecule has 25 heavy (non-hydrogen) atoms. The predicted octanol–water partition coefficient (Wildman–Crippen LogP) is 4.09. The van der Waals surface area contributed by atoms with Crippen molar-refractivity contribution in [2.75, 3.05) is 18.9 Å². The zero-order valence-electron chi connectivity index (χ0n) is 13.7. The van der Waals surface area contributed by atoms with Gasteiger partial charge in [0.25, 0.3) is 0 Å². The summed E-state index contributed by atoms with van der Waals surface area (Å²) in [5, 5.41) is 1.05. The summed E-state index contributed by atoms with van der Waals surface area (Å²) in [6, 6.07) is 7.00. The molecule has 0 bridgehead atoms. The zero-order valence-corrected chi connectivity index (χ0v) is 15.3. The van der Waals surface area contributed by atoms with E-state index in [4.69, 9.17) is 26.8 Å². The van der Waals surface area contributed by atoms with Crippen LogP contribution in [0, 0.1) is 0 Å². The number of halogens is 1. The molecule has 0 saturated heterocycles. The minimum Gasteiger partial charge on any atom is -0.462 e. The molecular weight excluding hydrogens is 364 g/mol. The number of ether oxygens (including phenoxy) is 2. The average Bonchev–Trinajstić information content (AvgIpc) is 2.91. The Morgan fingerprint density at radius 2 is 1.68 bits per heavy atom. The van der Waals surface area contributed by atoms with Crippen LogP contribution in [0.5, 0.6) is 0 Å². The lowest BCUT2D eigenvalue weighted by molar-refractivity contribution is 0.0481. The number of hydrogen-bond acceptors (Lipinski definition) is 7. The first-order valence-electron chi connectivity index (χ1n) is 7.54. The monoisotopic (exact) mass is 380 g/mol. The number of anilines is 1. The number of nitrogens with two attached hydrogens (primary N) is 1. The van der Waals surface area contributed by atoms with E-state index >= 15 is 0 Å². The molecule has 2 aromatic rings. The standard InChI is InChI=1S/C17H17ClN2O4S/c1-3-23-16(21)12-13(17(22)24-4-2)15(25-14(12)19)20-9-10-5-7-11(18)8-6-10/h5-9H,3-4,19H2,1-2H3/b20-9+. The molecule has 0 aliphatic carbocycles. The van der Waals surface area contributed by atoms with Gasteiger partial charge < -0.3 is 15.2 Å². The maximum absolute atomic E-state index is 12.3. The lowest BCUT2D eigenvalue weighted by Gasteiger charge is -2.05. The van der Waals surface area contributed by atoms with E-state index in [9.17, 15) is 9.59 Å². The van der Waals surface area contributed by atoms with Crippen molar-refractivity contribution < 1.29 is 19.1 Å². The van der Waals surface area contributed by atoms with Crippen LogP contribution < -0.4 is 5.73 Å². The third kappa shape index (κ3) is 4.58. The molecular formula is C17H17ClN2O4S. The molecule has 8 heteroatoms. The van der Waals surface area contributed by atoms with Gasteiger partial charge in [-0.05, 0) is 31.5 Å². The summed E-state index contributed by atoms with van der Waals surface area (Å²) >= 11 is 6.87. The van der Waals surface area contributed by atoms with Crippen LogP contribution in [0.15, 0.2) is 29.3 Å². The van der Waals surface area contributed by atoms with Gasteiger partial charge in [-0.25, -0.2) is 14.6 Å². The zero-order chi connectivity index (χ0) is 18.4. The van der Waals surface area contributed by atoms with Gasteiger partial charge in [0, 0.05) is 11.2 Å². The number of rotatable bonds is 6. The van der Waals surface area contributed by atoms with Crippen molar-refractivity contribution in [1.82, 2.24) is 0 Å². The molecule has 0 saturated carbocycles. The first-order valence-corrected chi connectivity index (χ1v) is 8.73. The van der Waals surface area contributed by atoms with Crippen LogP contribution in [0.2, 0.25) is 5.02 Å². The fourth-order valence-corrected chi connectivity index (χ4v) is 3.02. The molecule has 132 valence electrons. The third-order valence-corrected chi connectivity index (χ3v) is 4.26. The molecule has 2 rings (SSSR count). The first-order chi connectivity index (χ1) is 12.0. The van der Waals surface area contributed by atoms with Crippen molar-refractivity contribution in [3.63, 3.8) is 0 Å². The molecule has 0 unspecified atom stereocenters. The highest BCUT2D eigenvalue weighted by molar-refractivity contribution is 7.20. The molecule has 0 atom stereocenters. The van der Waals surface area contributed by atoms with E-state index in [0.29, 0.717) is 5.02 Å². The lowest BCUT2D eigenvalue weighted by atomic mass is 10.1. The minimum atomic E-state index is -0.674. The molecule has 1 aromatic carbocycles. The highest BCUT2D eigenvalue weighted by Gasteiger charge is 2.29. The van der Waals surface area contributed by atoms with E-state index in [1.165, 1.54) is 0 Å². The van der Waals surface area contributed by atoms with Crippen molar-refractivity contribution in [2.45, 2.75) is 13.8 Å². The van der Waals surface area contributed by atoms with Crippen LogP contribution in [0.3, 0.4) is 0 Å². The number of nitrogen functional groups attached to an aromatic ring is 1. The second-order valence-corrected chi connectivity index (χ2v) is 6.24. The van der Waals surface area contributed by atoms with Crippen molar-refractivity contribution in [1.29, 1.82) is 0 Å². The number of aliphatic imine (C=N–C) groups is 1. The molecule has 1 aromatic heterocycles. The Morgan fingerprint density at radius 1 is 1.12 bits per heavy atom. The molecule has 0 aliphatic rings. The Morgan fingerprint density at radius 3 is 2.24 bits per heavy atom. The van der Waals surface area contributed by atoms with Crippen molar-refractivity contribution in [2.24, 2.45) is 4.99 Å². The van der Waals surface area contributed by atoms with E-state index in [0.717, 1.165) is 16.9 Å². The van der Waals surface area contributed by atoms with Crippen molar-refractivity contribution >= 4 is 51.1 Å². The Hall–Kier alpha value is -2.38. The Kier molecular flexibility index (Phi) is 6.55. The van der Waals surface area contributed by atoms with Crippen molar-refractivity contribution in [3.05, 3.63) is 46.0 Å². The van der Waals surface area contributed by atoms with Gasteiger partial charge in [0.2, 0.25) is 0 Å². The van der Waals surface area contributed by atoms with Gasteiger partial charge in [-0.3, -0.25) is 0 Å². The molecule has 0 spiro atoms. The average molecular weight is 381 g/mol. The summed E-state index contributed by atoms with van der Waals surface area (Å²) in [5.41, 5.74) is 6.71. The SMILES string of the molecule is CCOC(=O)c1c(N)sc(/N=C/c2ccc(Cl)cc2)c1C(=O)OCC. The first kappa shape index (κ1) is 19.0. The highest BCUT2D eigenvalue weighted by atomic mass is 35.5. The molecule has 1 heterocycles. The summed E-state index contributed by atoms with van der Waals surface area (Å²) < 4.78 is 10.0. The summed E-state index contributed by atoms with van der Waals surface area (Å²) in [5.74, 6) is -1.34. The molecule has 2 N–H and O–H groups in total. The fraction of sp³-hybridized carbons (Fsp3) is 0.235. The van der Waals surface area contributed by atoms with Crippen LogP contribution in [0.4, 0.5) is 10.0 Å². The molecule has 6 nitrogen and oxygen atoms in total. The van der Waals surface area contributed by atoms with Crippen LogP contribution in [-0.2, 0) is 9.47 Å². The van der Waals surface area contributed by atoms with E-state index in [2.05, 4.69) is 4.99 Å². The number of esters is 2. The van der Waals surface area contributed by atoms with Gasteiger partial charge in [-0.1, -0.05) is 35.1 Å². The minimum absolute atomic E-state index is 0.00597. The van der Waals surface area contributed by atoms with Gasteiger partial charge in [-0.15, -0.1) is 0 Å². The molecule has 0 fully saturated rings. The van der Waals surface area contributed by atoms with E-state index in [1.54, 1.807) is 44.3 Å². The summed E-state index contributed by atoms with van der Waals surface area (Å²) in [7, 11) is 0. The van der Waals surface area contributed by atoms with Gasteiger partial charge in [0.1, 0.15) is 21.1 Å². The second-order valence-electron chi connectivity index (χ2n) is 4.77. The molecule has 0 aliphatic heterocycles. The normalized spacial score (nSPS) is 10.8. The number of benzene rings is 1. The summed E-state index contributed by atoms with van der Waals surface area (Å²) in [6.07, 6.45) is 1.55. The largest absolute Gasteiger partial charge is 0.462 e. The van der Waals surface area contributed by atoms with Gasteiger partial charge in [0.05, 0.1) is 13.2 Å². The number of hydrogen-bond donors (Lipinski definition) is 1. The van der Waals surface area contributed by atoms with Gasteiger partial charge >= 0.3 is 11.9 Å². The van der Waals surface area contributed by atoms with E-state index in [1.807, 2.05) is 0 Å². The highest BCUT2D eigenvalue weighted by Crippen LogP contribution is 2.38. The topological polar surface area (TPSA) is 91.0 Å². The number of nitrogens with zero attached hydrogens (tertiary/aromatic N) is 1. The summed E-state index contributed by atoms with van der Waals surface area (Å²) in [4.78, 5) is 28.7. The van der Waals surface area contributed by atoms with Gasteiger partial charge in [0.15, 0.2) is 0 Å². The van der Waals surface area contributed by atoms with Gasteiger partial charge in [-0.2, -0.15) is 0 Å². The van der Waals surface area contributed by atoms with Crippen LogP contribution in [-0.4, -0.2) is 31.4 Å². The number of thiophene rings is 1. The van der Waals surface area contributed by atoms with Crippen LogP contribution in [0.25, 0.3) is 0 Å². The van der Waals surface area contributed by atoms with Crippen LogP contribution in [0.1, 0.15) is 40.1 Å². The Labute approximate surface area is 154 Å². The Balaban J connectivity index is 2.45. The molecule has 0 radical (unpaired) electrons. The molecule has 0 amide bonds. The number of carbonyl (C=O) groups excluding carboxylic acids is 2. The Bertz CT molecular complexity index is 800. The third-order valence-electron chi connectivity index (χ3n) is 3.08. The van der Waals surface area contributed by atoms with E-state index in [-0.39, 0.29) is 34.3 Å².